The average molecular weight is 265 g/mol. The summed E-state index contributed by atoms with van der Waals surface area (Å²) in [7, 11) is 0. The third kappa shape index (κ3) is 3.92. The summed E-state index contributed by atoms with van der Waals surface area (Å²) in [6.07, 6.45) is 0. The molecule has 0 spiro atoms. The fourth-order valence-corrected chi connectivity index (χ4v) is 2.17. The van der Waals surface area contributed by atoms with E-state index < -0.39 is 0 Å². The van der Waals surface area contributed by atoms with Gasteiger partial charge in [0.05, 0.1) is 6.54 Å². The number of likely N-dealkylation sites (N-methyl/N-ethyl adjacent to an activating group) is 1. The topological polar surface area (TPSA) is 35.6 Å². The lowest BCUT2D eigenvalue weighted by molar-refractivity contribution is -0.131. The summed E-state index contributed by atoms with van der Waals surface area (Å²) < 4.78 is 12.7. The van der Waals surface area contributed by atoms with Crippen molar-refractivity contribution in [1.82, 2.24) is 9.80 Å². The summed E-state index contributed by atoms with van der Waals surface area (Å²) in [5.74, 6) is -0.173. The molecule has 0 unspecified atom stereocenters. The summed E-state index contributed by atoms with van der Waals surface area (Å²) in [5, 5.41) is 3.02. The van der Waals surface area contributed by atoms with Crippen LogP contribution in [-0.4, -0.2) is 55.0 Å². The highest BCUT2D eigenvalue weighted by Gasteiger charge is 2.19. The van der Waals surface area contributed by atoms with Gasteiger partial charge in [-0.05, 0) is 30.8 Å². The molecule has 0 aromatic heterocycles. The molecule has 0 radical (unpaired) electrons. The van der Waals surface area contributed by atoms with Crippen molar-refractivity contribution in [2.75, 3.05) is 44.6 Å². The molecule has 1 aliphatic rings. The second kappa shape index (κ2) is 6.52. The van der Waals surface area contributed by atoms with E-state index in [1.54, 1.807) is 12.1 Å². The highest BCUT2D eigenvalue weighted by atomic mass is 19.1. The van der Waals surface area contributed by atoms with Gasteiger partial charge >= 0.3 is 0 Å². The largest absolute Gasteiger partial charge is 0.376 e. The molecule has 19 heavy (non-hydrogen) atoms. The number of rotatable bonds is 4. The number of piperazine rings is 1. The third-order valence-electron chi connectivity index (χ3n) is 3.46. The van der Waals surface area contributed by atoms with Gasteiger partial charge in [-0.25, -0.2) is 4.39 Å². The van der Waals surface area contributed by atoms with E-state index in [0.717, 1.165) is 38.4 Å². The molecule has 104 valence electrons. The molecule has 1 aromatic carbocycles. The van der Waals surface area contributed by atoms with Crippen LogP contribution >= 0.6 is 0 Å². The van der Waals surface area contributed by atoms with Crippen LogP contribution in [0.2, 0.25) is 0 Å². The van der Waals surface area contributed by atoms with Crippen molar-refractivity contribution in [3.8, 4) is 0 Å². The molecule has 1 aliphatic heterocycles. The molecule has 1 aromatic rings. The Balaban J connectivity index is 1.77. The molecule has 1 N–H and O–H groups in total. The predicted octanol–water partition coefficient (Wildman–Crippen LogP) is 1.40. The van der Waals surface area contributed by atoms with Crippen molar-refractivity contribution in [2.45, 2.75) is 6.92 Å². The zero-order valence-corrected chi connectivity index (χ0v) is 11.2. The molecule has 0 bridgehead atoms. The van der Waals surface area contributed by atoms with Crippen molar-refractivity contribution in [3.05, 3.63) is 30.1 Å². The van der Waals surface area contributed by atoms with Crippen LogP contribution in [-0.2, 0) is 4.79 Å². The molecule has 0 aliphatic carbocycles. The van der Waals surface area contributed by atoms with Gasteiger partial charge in [0.2, 0.25) is 5.91 Å². The molecular formula is C14H20FN3O. The van der Waals surface area contributed by atoms with Crippen LogP contribution in [0.3, 0.4) is 0 Å². The zero-order valence-electron chi connectivity index (χ0n) is 11.2. The monoisotopic (exact) mass is 265 g/mol. The van der Waals surface area contributed by atoms with Crippen LogP contribution in [0.1, 0.15) is 6.92 Å². The van der Waals surface area contributed by atoms with Crippen molar-refractivity contribution < 1.29 is 9.18 Å². The van der Waals surface area contributed by atoms with Gasteiger partial charge in [-0.2, -0.15) is 0 Å². The van der Waals surface area contributed by atoms with Gasteiger partial charge in [0.25, 0.3) is 0 Å². The van der Waals surface area contributed by atoms with Crippen molar-refractivity contribution in [2.24, 2.45) is 0 Å². The molecule has 0 saturated carbocycles. The first-order valence-corrected chi connectivity index (χ1v) is 6.68. The number of amides is 1. The van der Waals surface area contributed by atoms with Gasteiger partial charge in [0, 0.05) is 31.9 Å². The summed E-state index contributed by atoms with van der Waals surface area (Å²) in [6, 6.07) is 6.04. The highest BCUT2D eigenvalue weighted by molar-refractivity contribution is 5.81. The standard InChI is InChI=1S/C14H20FN3O/c1-2-17-7-9-18(10-8-17)14(19)11-16-13-5-3-12(15)4-6-13/h3-6,16H,2,7-11H2,1H3. The Hall–Kier alpha value is -1.62. The van der Waals surface area contributed by atoms with E-state index in [4.69, 9.17) is 0 Å². The number of hydrogen-bond donors (Lipinski definition) is 1. The summed E-state index contributed by atoms with van der Waals surface area (Å²) >= 11 is 0. The number of nitrogens with zero attached hydrogens (tertiary/aromatic N) is 2. The Morgan fingerprint density at radius 3 is 2.42 bits per heavy atom. The fraction of sp³-hybridized carbons (Fsp3) is 0.500. The normalized spacial score (nSPS) is 16.4. The van der Waals surface area contributed by atoms with Crippen molar-refractivity contribution in [3.63, 3.8) is 0 Å². The highest BCUT2D eigenvalue weighted by Crippen LogP contribution is 2.08. The minimum Gasteiger partial charge on any atom is -0.376 e. The smallest absolute Gasteiger partial charge is 0.241 e. The first-order chi connectivity index (χ1) is 9.19. The number of nitrogens with one attached hydrogen (secondary N) is 1. The summed E-state index contributed by atoms with van der Waals surface area (Å²) in [6.45, 7) is 6.90. The van der Waals surface area contributed by atoms with Crippen LogP contribution in [0.4, 0.5) is 10.1 Å². The summed E-state index contributed by atoms with van der Waals surface area (Å²) in [4.78, 5) is 16.2. The van der Waals surface area contributed by atoms with E-state index in [0.29, 0.717) is 0 Å². The maximum absolute atomic E-state index is 12.7. The lowest BCUT2D eigenvalue weighted by Crippen LogP contribution is -2.49. The minimum atomic E-state index is -0.271. The molecule has 5 heteroatoms. The van der Waals surface area contributed by atoms with Crippen LogP contribution in [0.15, 0.2) is 24.3 Å². The molecule has 1 fully saturated rings. The molecule has 4 nitrogen and oxygen atoms in total. The van der Waals surface area contributed by atoms with E-state index in [1.807, 2.05) is 4.90 Å². The van der Waals surface area contributed by atoms with Gasteiger partial charge in [0.15, 0.2) is 0 Å². The van der Waals surface area contributed by atoms with Crippen LogP contribution in [0, 0.1) is 5.82 Å². The van der Waals surface area contributed by atoms with Gasteiger partial charge in [-0.15, -0.1) is 0 Å². The number of halogens is 1. The van der Waals surface area contributed by atoms with E-state index >= 15 is 0 Å². The van der Waals surface area contributed by atoms with Gasteiger partial charge in [0.1, 0.15) is 5.82 Å². The number of carbonyl (C=O) groups is 1. The molecule has 1 heterocycles. The molecular weight excluding hydrogens is 245 g/mol. The van der Waals surface area contributed by atoms with Gasteiger partial charge in [-0.3, -0.25) is 4.79 Å². The van der Waals surface area contributed by atoms with Crippen LogP contribution in [0.5, 0.6) is 0 Å². The van der Waals surface area contributed by atoms with E-state index in [2.05, 4.69) is 17.1 Å². The summed E-state index contributed by atoms with van der Waals surface area (Å²) in [5.41, 5.74) is 0.766. The molecule has 2 rings (SSSR count). The third-order valence-corrected chi connectivity index (χ3v) is 3.46. The Bertz CT molecular complexity index is 413. The lowest BCUT2D eigenvalue weighted by atomic mass is 10.3. The van der Waals surface area contributed by atoms with Crippen molar-refractivity contribution in [1.29, 1.82) is 0 Å². The van der Waals surface area contributed by atoms with E-state index in [-0.39, 0.29) is 18.3 Å². The maximum Gasteiger partial charge on any atom is 0.241 e. The van der Waals surface area contributed by atoms with Gasteiger partial charge in [-0.1, -0.05) is 6.92 Å². The molecule has 1 saturated heterocycles. The second-order valence-electron chi connectivity index (χ2n) is 4.68. The average Bonchev–Trinajstić information content (AvgIpc) is 2.46. The first-order valence-electron chi connectivity index (χ1n) is 6.68. The molecule has 1 amide bonds. The Kier molecular flexibility index (Phi) is 4.74. The maximum atomic E-state index is 12.7. The Morgan fingerprint density at radius 1 is 1.21 bits per heavy atom. The van der Waals surface area contributed by atoms with Crippen LogP contribution < -0.4 is 5.32 Å². The number of anilines is 1. The first kappa shape index (κ1) is 13.8. The van der Waals surface area contributed by atoms with Gasteiger partial charge < -0.3 is 15.1 Å². The number of benzene rings is 1. The predicted molar refractivity (Wildman–Crippen MR) is 73.6 cm³/mol. The van der Waals surface area contributed by atoms with E-state index in [1.165, 1.54) is 12.1 Å². The van der Waals surface area contributed by atoms with Crippen molar-refractivity contribution >= 4 is 11.6 Å². The molecule has 0 atom stereocenters. The zero-order chi connectivity index (χ0) is 13.7. The SMILES string of the molecule is CCN1CCN(C(=O)CNc2ccc(F)cc2)CC1. The van der Waals surface area contributed by atoms with E-state index in [9.17, 15) is 9.18 Å². The fourth-order valence-electron chi connectivity index (χ4n) is 2.17. The Morgan fingerprint density at radius 2 is 1.84 bits per heavy atom. The second-order valence-corrected chi connectivity index (χ2v) is 4.68. The Labute approximate surface area is 113 Å². The lowest BCUT2D eigenvalue weighted by Gasteiger charge is -2.34. The quantitative estimate of drug-likeness (QED) is 0.894. The number of carbonyl (C=O) groups excluding carboxylic acids is 1. The van der Waals surface area contributed by atoms with Crippen LogP contribution in [0.25, 0.3) is 0 Å². The minimum absolute atomic E-state index is 0.0973. The number of hydrogen-bond acceptors (Lipinski definition) is 3.